The lowest BCUT2D eigenvalue weighted by Gasteiger charge is -2.34. The van der Waals surface area contributed by atoms with Crippen molar-refractivity contribution in [1.29, 1.82) is 0 Å². The van der Waals surface area contributed by atoms with Gasteiger partial charge in [-0.2, -0.15) is 0 Å². The number of hydrogen-bond donors (Lipinski definition) is 0. The van der Waals surface area contributed by atoms with Crippen molar-refractivity contribution in [1.82, 2.24) is 4.90 Å². The van der Waals surface area contributed by atoms with Gasteiger partial charge in [0.2, 0.25) is 5.91 Å². The first kappa shape index (κ1) is 11.1. The van der Waals surface area contributed by atoms with Gasteiger partial charge in [-0.25, -0.2) is 4.57 Å². The summed E-state index contributed by atoms with van der Waals surface area (Å²) < 4.78 is 2.04. The van der Waals surface area contributed by atoms with Gasteiger partial charge >= 0.3 is 0 Å². The van der Waals surface area contributed by atoms with Gasteiger partial charge in [-0.3, -0.25) is 4.79 Å². The lowest BCUT2D eigenvalue weighted by Crippen LogP contribution is -2.38. The van der Waals surface area contributed by atoms with E-state index in [1.54, 1.807) is 6.92 Å². The second-order valence-corrected chi connectivity index (χ2v) is 4.53. The molecule has 86 valence electrons. The van der Waals surface area contributed by atoms with Crippen molar-refractivity contribution in [3.8, 4) is 0 Å². The molecule has 1 aliphatic rings. The van der Waals surface area contributed by atoms with Crippen LogP contribution in [0, 0.1) is 0 Å². The smallest absolute Gasteiger partial charge is 0.219 e. The van der Waals surface area contributed by atoms with Gasteiger partial charge in [0.25, 0.3) is 0 Å². The number of rotatable bonds is 1. The van der Waals surface area contributed by atoms with Crippen molar-refractivity contribution in [2.45, 2.75) is 32.2 Å². The lowest BCUT2D eigenvalue weighted by molar-refractivity contribution is -0.672. The topological polar surface area (TPSA) is 24.2 Å². The molecule has 0 spiro atoms. The normalized spacial score (nSPS) is 20.9. The predicted octanol–water partition coefficient (Wildman–Crippen LogP) is 1.58. The van der Waals surface area contributed by atoms with E-state index in [1.807, 2.05) is 28.8 Å². The number of hydrogen-bond acceptors (Lipinski definition) is 1. The van der Waals surface area contributed by atoms with Crippen molar-refractivity contribution in [2.24, 2.45) is 7.05 Å². The summed E-state index contributed by atoms with van der Waals surface area (Å²) in [7, 11) is 2.02. The third-order valence-corrected chi connectivity index (χ3v) is 3.25. The number of amides is 1. The summed E-state index contributed by atoms with van der Waals surface area (Å²) in [6.07, 6.45) is 7.57. The Morgan fingerprint density at radius 3 is 3.00 bits per heavy atom. The molecule has 0 bridgehead atoms. The molecule has 2 rings (SSSR count). The molecule has 0 saturated carbocycles. The van der Waals surface area contributed by atoms with Gasteiger partial charge in [-0.05, 0) is 25.3 Å². The fourth-order valence-corrected chi connectivity index (χ4v) is 2.46. The Bertz CT molecular complexity index is 389. The molecule has 0 N–H and O–H groups in total. The van der Waals surface area contributed by atoms with E-state index in [-0.39, 0.29) is 11.9 Å². The van der Waals surface area contributed by atoms with Gasteiger partial charge < -0.3 is 4.90 Å². The van der Waals surface area contributed by atoms with Crippen LogP contribution in [0.15, 0.2) is 24.5 Å². The van der Waals surface area contributed by atoms with Crippen LogP contribution in [-0.4, -0.2) is 17.4 Å². The van der Waals surface area contributed by atoms with Crippen LogP contribution < -0.4 is 4.57 Å². The second-order valence-electron chi connectivity index (χ2n) is 4.53. The summed E-state index contributed by atoms with van der Waals surface area (Å²) in [5.41, 5.74) is 1.25. The van der Waals surface area contributed by atoms with Crippen LogP contribution in [0.5, 0.6) is 0 Å². The third-order valence-electron chi connectivity index (χ3n) is 3.25. The second kappa shape index (κ2) is 4.64. The Morgan fingerprint density at radius 1 is 1.50 bits per heavy atom. The van der Waals surface area contributed by atoms with E-state index >= 15 is 0 Å². The van der Waals surface area contributed by atoms with Crippen molar-refractivity contribution in [3.63, 3.8) is 0 Å². The Morgan fingerprint density at radius 2 is 2.31 bits per heavy atom. The number of piperidine rings is 1. The Balaban J connectivity index is 2.26. The molecule has 1 amide bonds. The van der Waals surface area contributed by atoms with Crippen LogP contribution in [0.25, 0.3) is 0 Å². The molecule has 1 aliphatic heterocycles. The summed E-state index contributed by atoms with van der Waals surface area (Å²) in [6, 6.07) is 4.44. The highest BCUT2D eigenvalue weighted by Gasteiger charge is 2.26. The van der Waals surface area contributed by atoms with Gasteiger partial charge in [0.05, 0.1) is 6.04 Å². The Kier molecular flexibility index (Phi) is 3.22. The highest BCUT2D eigenvalue weighted by molar-refractivity contribution is 5.73. The molecule has 0 aromatic carbocycles. The molecule has 1 atom stereocenters. The molecule has 2 heterocycles. The fraction of sp³-hybridized carbons (Fsp3) is 0.538. The first-order valence-electron chi connectivity index (χ1n) is 5.91. The van der Waals surface area contributed by atoms with E-state index in [1.165, 1.54) is 12.0 Å². The van der Waals surface area contributed by atoms with Crippen molar-refractivity contribution >= 4 is 5.91 Å². The summed E-state index contributed by atoms with van der Waals surface area (Å²) in [5, 5.41) is 0. The minimum absolute atomic E-state index is 0.191. The first-order chi connectivity index (χ1) is 7.68. The average Bonchev–Trinajstić information content (AvgIpc) is 2.29. The van der Waals surface area contributed by atoms with Crippen LogP contribution in [0.4, 0.5) is 0 Å². The molecule has 0 unspecified atom stereocenters. The van der Waals surface area contributed by atoms with Crippen LogP contribution in [-0.2, 0) is 11.8 Å². The zero-order valence-electron chi connectivity index (χ0n) is 10.0. The predicted molar refractivity (Wildman–Crippen MR) is 61.6 cm³/mol. The van der Waals surface area contributed by atoms with E-state index in [4.69, 9.17) is 0 Å². The molecule has 1 aromatic heterocycles. The molecule has 3 nitrogen and oxygen atoms in total. The number of pyridine rings is 1. The van der Waals surface area contributed by atoms with Crippen LogP contribution in [0.2, 0.25) is 0 Å². The van der Waals surface area contributed by atoms with Gasteiger partial charge in [-0.15, -0.1) is 0 Å². The third kappa shape index (κ3) is 2.23. The zero-order chi connectivity index (χ0) is 11.5. The maximum atomic E-state index is 11.6. The number of nitrogens with zero attached hydrogens (tertiary/aromatic N) is 2. The highest BCUT2D eigenvalue weighted by Crippen LogP contribution is 2.29. The van der Waals surface area contributed by atoms with Gasteiger partial charge in [0.15, 0.2) is 12.4 Å². The molecule has 0 aliphatic carbocycles. The molecular weight excluding hydrogens is 200 g/mol. The zero-order valence-corrected chi connectivity index (χ0v) is 10.0. The van der Waals surface area contributed by atoms with Crippen LogP contribution in [0.3, 0.4) is 0 Å². The van der Waals surface area contributed by atoms with E-state index in [0.717, 1.165) is 19.4 Å². The molecule has 0 radical (unpaired) electrons. The van der Waals surface area contributed by atoms with Crippen molar-refractivity contribution in [2.75, 3.05) is 6.54 Å². The number of likely N-dealkylation sites (tertiary alicyclic amines) is 1. The number of carbonyl (C=O) groups excluding carboxylic acids is 1. The Hall–Kier alpha value is -1.38. The van der Waals surface area contributed by atoms with Crippen molar-refractivity contribution < 1.29 is 9.36 Å². The number of carbonyl (C=O) groups is 1. The van der Waals surface area contributed by atoms with E-state index in [2.05, 4.69) is 12.3 Å². The van der Waals surface area contributed by atoms with E-state index in [0.29, 0.717) is 0 Å². The summed E-state index contributed by atoms with van der Waals surface area (Å²) in [4.78, 5) is 13.6. The number of aryl methyl sites for hydroxylation is 1. The molecular formula is C13H19N2O+. The molecule has 3 heteroatoms. The van der Waals surface area contributed by atoms with Crippen molar-refractivity contribution in [3.05, 3.63) is 30.1 Å². The van der Waals surface area contributed by atoms with Gasteiger partial charge in [-0.1, -0.05) is 0 Å². The standard InChI is InChI=1S/C13H19N2O/c1-11(16)15-9-4-3-7-13(15)12-6-5-8-14(2)10-12/h5-6,8,10,13H,3-4,7,9H2,1-2H3/q+1/t13-/m0/s1. The highest BCUT2D eigenvalue weighted by atomic mass is 16.2. The minimum Gasteiger partial charge on any atom is -0.336 e. The van der Waals surface area contributed by atoms with Crippen LogP contribution >= 0.6 is 0 Å². The maximum Gasteiger partial charge on any atom is 0.219 e. The SMILES string of the molecule is CC(=O)N1CCCC[C@H]1c1ccc[n+](C)c1. The van der Waals surface area contributed by atoms with Gasteiger partial charge in [0.1, 0.15) is 7.05 Å². The lowest BCUT2D eigenvalue weighted by atomic mass is 9.96. The average molecular weight is 219 g/mol. The van der Waals surface area contributed by atoms with E-state index in [9.17, 15) is 4.79 Å². The summed E-state index contributed by atoms with van der Waals surface area (Å²) in [5.74, 6) is 0.191. The first-order valence-corrected chi connectivity index (χ1v) is 5.91. The van der Waals surface area contributed by atoms with Crippen LogP contribution in [0.1, 0.15) is 37.8 Å². The monoisotopic (exact) mass is 219 g/mol. The molecule has 1 saturated heterocycles. The van der Waals surface area contributed by atoms with E-state index < -0.39 is 0 Å². The minimum atomic E-state index is 0.191. The largest absolute Gasteiger partial charge is 0.336 e. The summed E-state index contributed by atoms with van der Waals surface area (Å²) in [6.45, 7) is 2.57. The molecule has 16 heavy (non-hydrogen) atoms. The fourth-order valence-electron chi connectivity index (χ4n) is 2.46. The number of aromatic nitrogens is 1. The summed E-state index contributed by atoms with van der Waals surface area (Å²) >= 11 is 0. The van der Waals surface area contributed by atoms with Gasteiger partial charge in [0, 0.05) is 25.1 Å². The quantitative estimate of drug-likeness (QED) is 0.658. The Labute approximate surface area is 96.7 Å². The maximum absolute atomic E-state index is 11.6. The molecule has 1 fully saturated rings. The molecule has 1 aromatic rings.